The fourth-order valence-electron chi connectivity index (χ4n) is 4.46. The summed E-state index contributed by atoms with van der Waals surface area (Å²) in [7, 11) is 0. The van der Waals surface area contributed by atoms with Crippen LogP contribution in [0.4, 0.5) is 13.2 Å². The quantitative estimate of drug-likeness (QED) is 0.784. The number of nitrogens with zero attached hydrogens (tertiary/aromatic N) is 4. The number of hydrogen-bond acceptors (Lipinski definition) is 6. The number of carbonyl (C=O) groups is 1. The molecule has 0 radical (unpaired) electrons. The Morgan fingerprint density at radius 3 is 2.74 bits per heavy atom. The topological polar surface area (TPSA) is 93.2 Å². The zero-order valence-corrected chi connectivity index (χ0v) is 17.7. The van der Waals surface area contributed by atoms with Gasteiger partial charge in [0, 0.05) is 18.5 Å². The summed E-state index contributed by atoms with van der Waals surface area (Å²) >= 11 is 0. The van der Waals surface area contributed by atoms with E-state index in [0.29, 0.717) is 31.0 Å². The summed E-state index contributed by atoms with van der Waals surface area (Å²) in [4.78, 5) is 27.2. The Labute approximate surface area is 178 Å². The van der Waals surface area contributed by atoms with Crippen LogP contribution in [0.3, 0.4) is 0 Å². The van der Waals surface area contributed by atoms with Gasteiger partial charge in [-0.3, -0.25) is 15.5 Å². The van der Waals surface area contributed by atoms with Gasteiger partial charge in [-0.1, -0.05) is 0 Å². The average Bonchev–Trinajstić information content (AvgIpc) is 3.47. The van der Waals surface area contributed by atoms with Crippen LogP contribution in [0.2, 0.25) is 0 Å². The number of carbonyl (C=O) groups excluding carboxylic acids is 1. The Morgan fingerprint density at radius 2 is 2.06 bits per heavy atom. The predicted octanol–water partition coefficient (Wildman–Crippen LogP) is 2.98. The minimum atomic E-state index is -4.62. The number of rotatable bonds is 4. The normalized spacial score (nSPS) is 32.4. The molecule has 1 aromatic rings. The highest BCUT2D eigenvalue weighted by Crippen LogP contribution is 2.50. The number of hydrogen-bond donors (Lipinski definition) is 1. The smallest absolute Gasteiger partial charge is 0.404 e. The first-order valence-corrected chi connectivity index (χ1v) is 10.4. The molecule has 1 saturated heterocycles. The van der Waals surface area contributed by atoms with Gasteiger partial charge in [0.05, 0.1) is 18.4 Å². The first-order chi connectivity index (χ1) is 14.5. The standard InChI is InChI=1S/C21H26F3N5O2/c1-4-31-15-6-5-11(2)27-16(15)18(30)29-9-13-7-12(13)8-14(29)17-20(3,21(22,23)24)10-26-19(25)28-17/h5-6,10,12-14,19H,4,7-9,25H2,1-3H3. The molecule has 5 unspecified atom stereocenters. The van der Waals surface area contributed by atoms with Gasteiger partial charge in [0.2, 0.25) is 0 Å². The first-order valence-electron chi connectivity index (χ1n) is 10.4. The summed E-state index contributed by atoms with van der Waals surface area (Å²) in [6.07, 6.45) is -3.61. The Hall–Kier alpha value is -2.49. The van der Waals surface area contributed by atoms with E-state index in [0.717, 1.165) is 19.6 Å². The van der Waals surface area contributed by atoms with Crippen LogP contribution in [0.15, 0.2) is 22.1 Å². The number of fused-ring (bicyclic) bond motifs is 1. The largest absolute Gasteiger partial charge is 0.491 e. The van der Waals surface area contributed by atoms with Crippen molar-refractivity contribution in [3.63, 3.8) is 0 Å². The van der Waals surface area contributed by atoms with Gasteiger partial charge in [-0.05, 0) is 57.6 Å². The Bertz CT molecular complexity index is 947. The zero-order valence-electron chi connectivity index (χ0n) is 17.7. The first kappa shape index (κ1) is 21.7. The molecule has 0 aromatic carbocycles. The van der Waals surface area contributed by atoms with E-state index < -0.39 is 29.8 Å². The second kappa shape index (κ2) is 7.58. The lowest BCUT2D eigenvalue weighted by Gasteiger charge is -2.43. The van der Waals surface area contributed by atoms with Gasteiger partial charge in [-0.2, -0.15) is 13.2 Å². The van der Waals surface area contributed by atoms with Gasteiger partial charge < -0.3 is 9.64 Å². The van der Waals surface area contributed by atoms with Crippen LogP contribution in [-0.2, 0) is 0 Å². The number of piperidine rings is 1. The Morgan fingerprint density at radius 1 is 1.32 bits per heavy atom. The van der Waals surface area contributed by atoms with Crippen LogP contribution in [0.25, 0.3) is 0 Å². The van der Waals surface area contributed by atoms with E-state index in [2.05, 4.69) is 15.0 Å². The second-order valence-corrected chi connectivity index (χ2v) is 8.60. The summed E-state index contributed by atoms with van der Waals surface area (Å²) in [5.74, 6) is 0.424. The van der Waals surface area contributed by atoms with Gasteiger partial charge in [0.1, 0.15) is 5.41 Å². The number of likely N-dealkylation sites (tertiary alicyclic amines) is 1. The number of ether oxygens (including phenoxy) is 1. The van der Waals surface area contributed by atoms with Crippen molar-refractivity contribution >= 4 is 17.8 Å². The molecule has 1 saturated carbocycles. The lowest BCUT2D eigenvalue weighted by atomic mass is 9.77. The highest BCUT2D eigenvalue weighted by molar-refractivity contribution is 6.10. The van der Waals surface area contributed by atoms with Crippen molar-refractivity contribution in [1.29, 1.82) is 0 Å². The SMILES string of the molecule is CCOc1ccc(C)nc1C(=O)N1CC2CC2CC1C1=NC(N)N=CC1(C)C(F)(F)F. The fraction of sp³-hybridized carbons (Fsp3) is 0.619. The van der Waals surface area contributed by atoms with Gasteiger partial charge >= 0.3 is 6.18 Å². The van der Waals surface area contributed by atoms with Gasteiger partial charge in [-0.15, -0.1) is 0 Å². The van der Waals surface area contributed by atoms with Crippen LogP contribution in [0, 0.1) is 24.2 Å². The third kappa shape index (κ3) is 3.81. The zero-order chi connectivity index (χ0) is 22.6. The summed E-state index contributed by atoms with van der Waals surface area (Å²) in [5.41, 5.74) is 3.94. The number of alkyl halides is 3. The van der Waals surface area contributed by atoms with E-state index in [1.54, 1.807) is 26.0 Å². The minimum absolute atomic E-state index is 0.106. The second-order valence-electron chi connectivity index (χ2n) is 8.60. The van der Waals surface area contributed by atoms with Gasteiger partial charge in [0.15, 0.2) is 17.7 Å². The Kier molecular flexibility index (Phi) is 5.31. The van der Waals surface area contributed by atoms with Crippen molar-refractivity contribution in [2.75, 3.05) is 13.2 Å². The number of amides is 1. The van der Waals surface area contributed by atoms with Crippen LogP contribution < -0.4 is 10.5 Å². The highest BCUT2D eigenvalue weighted by Gasteiger charge is 2.60. The van der Waals surface area contributed by atoms with Gasteiger partial charge in [0.25, 0.3) is 5.91 Å². The summed E-state index contributed by atoms with van der Waals surface area (Å²) in [5, 5.41) is 0. The molecule has 2 fully saturated rings. The number of aromatic nitrogens is 1. The maximum absolute atomic E-state index is 14.1. The monoisotopic (exact) mass is 437 g/mol. The van der Waals surface area contributed by atoms with Gasteiger partial charge in [-0.25, -0.2) is 9.98 Å². The molecule has 1 aromatic heterocycles. The molecule has 168 valence electrons. The molecule has 3 heterocycles. The van der Waals surface area contributed by atoms with Crippen molar-refractivity contribution in [2.24, 2.45) is 33.0 Å². The molecular formula is C21H26F3N5O2. The number of halogens is 3. The van der Waals surface area contributed by atoms with E-state index in [-0.39, 0.29) is 23.2 Å². The molecule has 1 aliphatic carbocycles. The molecule has 2 aliphatic heterocycles. The third-order valence-corrected chi connectivity index (χ3v) is 6.36. The van der Waals surface area contributed by atoms with Crippen molar-refractivity contribution in [1.82, 2.24) is 9.88 Å². The van der Waals surface area contributed by atoms with Crippen molar-refractivity contribution in [3.05, 3.63) is 23.5 Å². The molecule has 3 aliphatic rings. The lowest BCUT2D eigenvalue weighted by Crippen LogP contribution is -2.59. The molecule has 1 amide bonds. The van der Waals surface area contributed by atoms with Crippen LogP contribution >= 0.6 is 0 Å². The van der Waals surface area contributed by atoms with Crippen molar-refractivity contribution in [2.45, 2.75) is 52.1 Å². The number of aryl methyl sites for hydroxylation is 1. The van der Waals surface area contributed by atoms with E-state index in [4.69, 9.17) is 10.5 Å². The van der Waals surface area contributed by atoms with Crippen molar-refractivity contribution < 1.29 is 22.7 Å². The summed E-state index contributed by atoms with van der Waals surface area (Å²) in [6, 6.07) is 2.56. The predicted molar refractivity (Wildman–Crippen MR) is 109 cm³/mol. The average molecular weight is 437 g/mol. The lowest BCUT2D eigenvalue weighted by molar-refractivity contribution is -0.170. The minimum Gasteiger partial charge on any atom is -0.491 e. The molecular weight excluding hydrogens is 411 g/mol. The highest BCUT2D eigenvalue weighted by atomic mass is 19.4. The molecule has 0 bridgehead atoms. The molecule has 2 N–H and O–H groups in total. The summed E-state index contributed by atoms with van der Waals surface area (Å²) in [6.45, 7) is 5.27. The van der Waals surface area contributed by atoms with E-state index in [9.17, 15) is 18.0 Å². The molecule has 10 heteroatoms. The Balaban J connectivity index is 1.76. The van der Waals surface area contributed by atoms with E-state index >= 15 is 0 Å². The summed E-state index contributed by atoms with van der Waals surface area (Å²) < 4.78 is 47.8. The molecule has 0 spiro atoms. The van der Waals surface area contributed by atoms with E-state index in [1.165, 1.54) is 4.90 Å². The molecule has 7 nitrogen and oxygen atoms in total. The molecule has 4 rings (SSSR count). The van der Waals surface area contributed by atoms with E-state index in [1.807, 2.05) is 0 Å². The number of nitrogens with two attached hydrogens (primary N) is 1. The van der Waals surface area contributed by atoms with Crippen LogP contribution in [0.5, 0.6) is 5.75 Å². The van der Waals surface area contributed by atoms with Crippen molar-refractivity contribution in [3.8, 4) is 5.75 Å². The number of aliphatic imine (C=N–C) groups is 2. The maximum Gasteiger partial charge on any atom is 0.404 e. The molecule has 31 heavy (non-hydrogen) atoms. The fourth-order valence-corrected chi connectivity index (χ4v) is 4.46. The van der Waals surface area contributed by atoms with Crippen LogP contribution in [0.1, 0.15) is 42.9 Å². The third-order valence-electron chi connectivity index (χ3n) is 6.36. The number of pyridine rings is 1. The maximum atomic E-state index is 14.1. The van der Waals surface area contributed by atoms with Crippen LogP contribution in [-0.4, -0.2) is 59.4 Å². The molecule has 5 atom stereocenters.